The number of carboxylic acids is 5. The molecule has 21 N–H and O–H groups in total. The summed E-state index contributed by atoms with van der Waals surface area (Å²) in [5, 5.41) is 56.8. The van der Waals surface area contributed by atoms with E-state index in [0.717, 1.165) is 0 Å². The molecule has 41 heavy (non-hydrogen) atoms. The van der Waals surface area contributed by atoms with Crippen molar-refractivity contribution in [1.82, 2.24) is 0 Å². The maximum atomic E-state index is 10.1. The Morgan fingerprint density at radius 2 is 1.00 bits per heavy atom. The van der Waals surface area contributed by atoms with Gasteiger partial charge in [-0.15, -0.1) is 0 Å². The Bertz CT molecular complexity index is 799. The first kappa shape index (κ1) is 47.2. The third-order valence-electron chi connectivity index (χ3n) is 3.59. The Morgan fingerprint density at radius 3 is 1.10 bits per heavy atom. The summed E-state index contributed by atoms with van der Waals surface area (Å²) in [5.41, 5.74) is 34.0. The largest absolute Gasteiger partial charge is 0.480 e. The van der Waals surface area contributed by atoms with Crippen molar-refractivity contribution < 1.29 is 69.3 Å². The van der Waals surface area contributed by atoms with Crippen LogP contribution < -0.4 is 40.1 Å². The van der Waals surface area contributed by atoms with Crippen molar-refractivity contribution in [2.24, 2.45) is 40.1 Å². The van der Waals surface area contributed by atoms with Gasteiger partial charge in [-0.1, -0.05) is 0 Å². The lowest BCUT2D eigenvalue weighted by Crippen LogP contribution is -2.39. The fraction of sp³-hybridized carbons (Fsp3) is 0.632. The van der Waals surface area contributed by atoms with E-state index in [4.69, 9.17) is 70.1 Å². The van der Waals surface area contributed by atoms with Crippen LogP contribution in [0.1, 0.15) is 26.2 Å². The molecule has 0 spiro atoms. The van der Waals surface area contributed by atoms with E-state index in [0.29, 0.717) is 0 Å². The lowest BCUT2D eigenvalue weighted by molar-refractivity contribution is -0.141. The second-order valence-electron chi connectivity index (χ2n) is 7.42. The van der Waals surface area contributed by atoms with E-state index in [1.54, 1.807) is 0 Å². The minimum absolute atomic E-state index is 0.0213. The van der Waals surface area contributed by atoms with Crippen LogP contribution in [0.15, 0.2) is 0 Å². The number of carboxylic acid groups (broad SMARTS) is 5. The Kier molecular flexibility index (Phi) is 32.1. The highest BCUT2D eigenvalue weighted by molar-refractivity contribution is 7.80. The Labute approximate surface area is 239 Å². The third-order valence-corrected chi connectivity index (χ3v) is 3.98. The summed E-state index contributed by atoms with van der Waals surface area (Å²) < 4.78 is 0. The van der Waals surface area contributed by atoms with E-state index in [9.17, 15) is 33.6 Å². The van der Waals surface area contributed by atoms with Crippen LogP contribution in [0.4, 0.5) is 0 Å². The molecule has 0 unspecified atom stereocenters. The van der Waals surface area contributed by atoms with E-state index in [1.807, 2.05) is 0 Å². The van der Waals surface area contributed by atoms with Crippen molar-refractivity contribution >= 4 is 54.3 Å². The van der Waals surface area contributed by atoms with Gasteiger partial charge in [0.2, 0.25) is 11.8 Å². The van der Waals surface area contributed by atoms with E-state index in [1.165, 1.54) is 6.92 Å². The highest BCUT2D eigenvalue weighted by Gasteiger charge is 2.16. The number of thiol groups is 1. The fourth-order valence-electron chi connectivity index (χ4n) is 1.09. The third kappa shape index (κ3) is 38.6. The lowest BCUT2D eigenvalue weighted by Gasteiger charge is -2.06. The Hall–Kier alpha value is -3.64. The SMILES string of the molecule is C[C@@H](O)[C@H](N)C(=O)O.NC(=O)CC[C@H](N)C(=O)O.NC(=O)C[C@H](N)C(=O)O.N[C@@H](CO)C(=O)O.N[C@@H](CS)C(=O)O. The Morgan fingerprint density at radius 1 is 0.634 bits per heavy atom. The molecule has 2 amide bonds. The first-order valence-corrected chi connectivity index (χ1v) is 11.5. The topological polar surface area (TPSA) is 443 Å². The predicted molar refractivity (Wildman–Crippen MR) is 143 cm³/mol. The summed E-state index contributed by atoms with van der Waals surface area (Å²) in [6.45, 7) is 0.827. The van der Waals surface area contributed by atoms with Crippen LogP contribution in [0.5, 0.6) is 0 Å². The maximum Gasteiger partial charge on any atom is 0.323 e. The first-order chi connectivity index (χ1) is 18.5. The molecular formula is C19H41N7O14S. The van der Waals surface area contributed by atoms with Gasteiger partial charge in [-0.2, -0.15) is 12.6 Å². The molecule has 242 valence electrons. The summed E-state index contributed by atoms with van der Waals surface area (Å²) in [5.74, 6) is -6.73. The van der Waals surface area contributed by atoms with Gasteiger partial charge in [0.25, 0.3) is 0 Å². The van der Waals surface area contributed by atoms with Gasteiger partial charge in [-0.3, -0.25) is 33.6 Å². The summed E-state index contributed by atoms with van der Waals surface area (Å²) in [4.78, 5) is 69.3. The molecular weight excluding hydrogens is 582 g/mol. The fourth-order valence-corrected chi connectivity index (χ4v) is 1.24. The van der Waals surface area contributed by atoms with Crippen LogP contribution in [0, 0.1) is 0 Å². The molecule has 22 heteroatoms. The van der Waals surface area contributed by atoms with Crippen LogP contribution >= 0.6 is 12.6 Å². The molecule has 0 heterocycles. The quantitative estimate of drug-likeness (QED) is 0.0847. The number of carbonyl (C=O) groups is 7. The van der Waals surface area contributed by atoms with Gasteiger partial charge in [0.05, 0.1) is 19.1 Å². The van der Waals surface area contributed by atoms with Gasteiger partial charge in [0, 0.05) is 12.2 Å². The van der Waals surface area contributed by atoms with Crippen LogP contribution in [-0.4, -0.2) is 126 Å². The summed E-state index contributed by atoms with van der Waals surface area (Å²) in [7, 11) is 0. The number of carbonyl (C=O) groups excluding carboxylic acids is 2. The number of amides is 2. The monoisotopic (exact) mass is 623 g/mol. The van der Waals surface area contributed by atoms with Gasteiger partial charge in [-0.25, -0.2) is 0 Å². The molecule has 0 aliphatic carbocycles. The second kappa shape index (κ2) is 27.9. The van der Waals surface area contributed by atoms with E-state index in [2.05, 4.69) is 18.4 Å². The molecule has 21 nitrogen and oxygen atoms in total. The molecule has 0 aliphatic rings. The van der Waals surface area contributed by atoms with Gasteiger partial charge in [0.1, 0.15) is 30.2 Å². The van der Waals surface area contributed by atoms with Gasteiger partial charge < -0.3 is 75.9 Å². The minimum atomic E-state index is -1.21. The van der Waals surface area contributed by atoms with Crippen LogP contribution in [0.2, 0.25) is 0 Å². The summed E-state index contributed by atoms with van der Waals surface area (Å²) in [6.07, 6.45) is -1.17. The molecule has 0 aliphatic heterocycles. The average molecular weight is 624 g/mol. The van der Waals surface area contributed by atoms with E-state index in [-0.39, 0.29) is 25.0 Å². The smallest absolute Gasteiger partial charge is 0.323 e. The van der Waals surface area contributed by atoms with Crippen LogP contribution in [0.3, 0.4) is 0 Å². The molecule has 0 radical (unpaired) electrons. The molecule has 0 saturated carbocycles. The van der Waals surface area contributed by atoms with Gasteiger partial charge in [-0.05, 0) is 13.3 Å². The van der Waals surface area contributed by atoms with Gasteiger partial charge in [0.15, 0.2) is 0 Å². The number of primary amides is 2. The normalized spacial score (nSPS) is 13.8. The zero-order valence-corrected chi connectivity index (χ0v) is 22.9. The van der Waals surface area contributed by atoms with Crippen LogP contribution in [0.25, 0.3) is 0 Å². The number of aliphatic carboxylic acids is 5. The van der Waals surface area contributed by atoms with Crippen molar-refractivity contribution in [2.45, 2.75) is 62.5 Å². The van der Waals surface area contributed by atoms with Crippen molar-refractivity contribution in [3.63, 3.8) is 0 Å². The number of aliphatic hydroxyl groups excluding tert-OH is 2. The minimum Gasteiger partial charge on any atom is -0.480 e. The highest BCUT2D eigenvalue weighted by Crippen LogP contribution is 1.92. The Balaban J connectivity index is -0.000000133. The van der Waals surface area contributed by atoms with Crippen molar-refractivity contribution in [3.05, 3.63) is 0 Å². The summed E-state index contributed by atoms with van der Waals surface area (Å²) >= 11 is 3.65. The standard InChI is InChI=1S/C5H10N2O3.C4H8N2O3.C4H9NO3.C3H7NO3.C3H7NO2S/c6-3(5(9)10)1-2-4(7)8;5-2(4(8)9)1-3(6)7;1-2(6)3(5)4(7)8;4-2(1-5)3(6)7;4-2(1-7)3(5)6/h3H,1-2,6H2,(H2,7,8)(H,9,10);2H,1,5H2,(H2,6,7)(H,8,9);2-3,6H,5H2,1H3,(H,7,8);2,5H,1,4H2,(H,6,7);2,7H,1,4H2,(H,5,6)/t3-;2-;2-,3+;2*2-/m00100/s1. The zero-order chi connectivity index (χ0) is 34.0. The number of aliphatic hydroxyl groups is 2. The second-order valence-corrected chi connectivity index (χ2v) is 7.79. The van der Waals surface area contributed by atoms with E-state index < -0.39 is 84.6 Å². The molecule has 0 aromatic carbocycles. The molecule has 0 bridgehead atoms. The number of nitrogens with two attached hydrogens (primary N) is 7. The average Bonchev–Trinajstić information content (AvgIpc) is 2.86. The molecule has 0 saturated heterocycles. The zero-order valence-electron chi connectivity index (χ0n) is 22.0. The van der Waals surface area contributed by atoms with Gasteiger partial charge >= 0.3 is 29.8 Å². The van der Waals surface area contributed by atoms with E-state index >= 15 is 0 Å². The number of rotatable bonds is 13. The van der Waals surface area contributed by atoms with Crippen LogP contribution in [-0.2, 0) is 33.6 Å². The predicted octanol–water partition coefficient (Wildman–Crippen LogP) is -6.56. The molecule has 0 fully saturated rings. The first-order valence-electron chi connectivity index (χ1n) is 10.9. The molecule has 0 aromatic heterocycles. The summed E-state index contributed by atoms with van der Waals surface area (Å²) in [6, 6.07) is -5.24. The van der Waals surface area contributed by atoms with Crippen molar-refractivity contribution in [3.8, 4) is 0 Å². The van der Waals surface area contributed by atoms with Crippen molar-refractivity contribution in [2.75, 3.05) is 12.4 Å². The highest BCUT2D eigenvalue weighted by atomic mass is 32.1. The molecule has 0 rings (SSSR count). The van der Waals surface area contributed by atoms with Crippen molar-refractivity contribution in [1.29, 1.82) is 0 Å². The number of hydrogen-bond donors (Lipinski definition) is 15. The molecule has 6 atom stereocenters. The number of hydrogen-bond acceptors (Lipinski definition) is 15. The lowest BCUT2D eigenvalue weighted by atomic mass is 10.2. The molecule has 0 aromatic rings. The maximum absolute atomic E-state index is 10.1.